The summed E-state index contributed by atoms with van der Waals surface area (Å²) in [7, 11) is 2.01. The Balaban J connectivity index is 2.15. The van der Waals surface area contributed by atoms with Gasteiger partial charge in [-0.25, -0.2) is 4.98 Å². The van der Waals surface area contributed by atoms with E-state index in [1.165, 1.54) is 0 Å². The van der Waals surface area contributed by atoms with E-state index in [0.717, 1.165) is 35.3 Å². The predicted octanol–water partition coefficient (Wildman–Crippen LogP) is 2.81. The number of hydrogen-bond donors (Lipinski definition) is 1. The second-order valence-electron chi connectivity index (χ2n) is 5.77. The molecule has 0 unspecified atom stereocenters. The molecule has 1 aliphatic rings. The lowest BCUT2D eigenvalue weighted by atomic mass is 9.96. The highest BCUT2D eigenvalue weighted by molar-refractivity contribution is 5.87. The van der Waals surface area contributed by atoms with E-state index < -0.39 is 11.4 Å². The highest BCUT2D eigenvalue weighted by Gasteiger charge is 2.51. The lowest BCUT2D eigenvalue weighted by Crippen LogP contribution is -2.19. The van der Waals surface area contributed by atoms with Gasteiger partial charge >= 0.3 is 5.97 Å². The smallest absolute Gasteiger partial charge is 0.314 e. The summed E-state index contributed by atoms with van der Waals surface area (Å²) >= 11 is 0. The van der Waals surface area contributed by atoms with Crippen molar-refractivity contribution in [3.05, 3.63) is 29.6 Å². The van der Waals surface area contributed by atoms with E-state index in [0.29, 0.717) is 5.92 Å². The SMILES string of the molecule is CC(C)c1nc2cc(C3(C(=O)O)CC3)ccc2n1C. The van der Waals surface area contributed by atoms with Crippen molar-refractivity contribution in [2.45, 2.75) is 38.0 Å². The molecule has 1 fully saturated rings. The fraction of sp³-hybridized carbons (Fsp3) is 0.467. The van der Waals surface area contributed by atoms with Crippen molar-refractivity contribution in [3.8, 4) is 0 Å². The summed E-state index contributed by atoms with van der Waals surface area (Å²) in [4.78, 5) is 16.0. The zero-order valence-corrected chi connectivity index (χ0v) is 11.5. The first-order valence-electron chi connectivity index (χ1n) is 6.66. The topological polar surface area (TPSA) is 55.1 Å². The van der Waals surface area contributed by atoms with Crippen molar-refractivity contribution in [2.24, 2.45) is 7.05 Å². The van der Waals surface area contributed by atoms with Gasteiger partial charge in [0.1, 0.15) is 5.82 Å². The van der Waals surface area contributed by atoms with Gasteiger partial charge < -0.3 is 9.67 Å². The molecule has 1 heterocycles. The Morgan fingerprint density at radius 3 is 2.63 bits per heavy atom. The predicted molar refractivity (Wildman–Crippen MR) is 73.4 cm³/mol. The third-order valence-corrected chi connectivity index (χ3v) is 4.14. The molecule has 1 N–H and O–H groups in total. The second-order valence-corrected chi connectivity index (χ2v) is 5.77. The molecule has 3 rings (SSSR count). The molecule has 0 bridgehead atoms. The van der Waals surface area contributed by atoms with E-state index in [4.69, 9.17) is 0 Å². The van der Waals surface area contributed by atoms with Crippen LogP contribution < -0.4 is 0 Å². The van der Waals surface area contributed by atoms with Crippen LogP contribution in [0.3, 0.4) is 0 Å². The number of carboxylic acids is 1. The van der Waals surface area contributed by atoms with Gasteiger partial charge in [0.15, 0.2) is 0 Å². The van der Waals surface area contributed by atoms with E-state index in [2.05, 4.69) is 23.4 Å². The Morgan fingerprint density at radius 2 is 2.11 bits per heavy atom. The Hall–Kier alpha value is -1.84. The fourth-order valence-corrected chi connectivity index (χ4v) is 2.78. The van der Waals surface area contributed by atoms with Gasteiger partial charge in [-0.1, -0.05) is 19.9 Å². The average molecular weight is 258 g/mol. The Kier molecular flexibility index (Phi) is 2.46. The largest absolute Gasteiger partial charge is 0.481 e. The first-order chi connectivity index (χ1) is 8.95. The molecular formula is C15H18N2O2. The van der Waals surface area contributed by atoms with Gasteiger partial charge in [0, 0.05) is 13.0 Å². The Bertz CT molecular complexity index is 666. The van der Waals surface area contributed by atoms with Crippen molar-refractivity contribution >= 4 is 17.0 Å². The van der Waals surface area contributed by atoms with Crippen molar-refractivity contribution in [2.75, 3.05) is 0 Å². The number of imidazole rings is 1. The zero-order chi connectivity index (χ0) is 13.8. The molecule has 0 spiro atoms. The number of carboxylic acid groups (broad SMARTS) is 1. The molecule has 1 aliphatic carbocycles. The third-order valence-electron chi connectivity index (χ3n) is 4.14. The van der Waals surface area contributed by atoms with Crippen LogP contribution in [0.1, 0.15) is 44.0 Å². The van der Waals surface area contributed by atoms with Crippen LogP contribution in [0.25, 0.3) is 11.0 Å². The second kappa shape index (κ2) is 3.83. The number of hydrogen-bond acceptors (Lipinski definition) is 2. The summed E-state index contributed by atoms with van der Waals surface area (Å²) in [5.41, 5.74) is 2.20. The normalized spacial score (nSPS) is 17.1. The lowest BCUT2D eigenvalue weighted by Gasteiger charge is -2.09. The maximum atomic E-state index is 11.4. The first kappa shape index (κ1) is 12.2. The minimum atomic E-state index is -0.716. The molecule has 1 aromatic carbocycles. The standard InChI is InChI=1S/C15H18N2O2/c1-9(2)13-16-11-8-10(4-5-12(11)17(13)3)15(6-7-15)14(18)19/h4-5,8-9H,6-7H2,1-3H3,(H,18,19). The number of benzene rings is 1. The fourth-order valence-electron chi connectivity index (χ4n) is 2.78. The molecule has 100 valence electrons. The van der Waals surface area contributed by atoms with Gasteiger partial charge in [0.25, 0.3) is 0 Å². The van der Waals surface area contributed by atoms with Gasteiger partial charge in [-0.15, -0.1) is 0 Å². The van der Waals surface area contributed by atoms with Crippen molar-refractivity contribution in [1.29, 1.82) is 0 Å². The zero-order valence-electron chi connectivity index (χ0n) is 11.5. The number of rotatable bonds is 3. The highest BCUT2D eigenvalue weighted by atomic mass is 16.4. The summed E-state index contributed by atoms with van der Waals surface area (Å²) in [6.45, 7) is 4.23. The van der Waals surface area contributed by atoms with Crippen molar-refractivity contribution < 1.29 is 9.90 Å². The molecule has 19 heavy (non-hydrogen) atoms. The van der Waals surface area contributed by atoms with Crippen LogP contribution in [0.4, 0.5) is 0 Å². The molecule has 0 atom stereocenters. The summed E-state index contributed by atoms with van der Waals surface area (Å²) in [5, 5.41) is 9.35. The van der Waals surface area contributed by atoms with E-state index in [1.54, 1.807) is 0 Å². The van der Waals surface area contributed by atoms with Crippen LogP contribution >= 0.6 is 0 Å². The van der Waals surface area contributed by atoms with Crippen LogP contribution in [-0.2, 0) is 17.3 Å². The van der Waals surface area contributed by atoms with Crippen molar-refractivity contribution in [3.63, 3.8) is 0 Å². The summed E-state index contributed by atoms with van der Waals surface area (Å²) in [6, 6.07) is 5.88. The van der Waals surface area contributed by atoms with E-state index in [1.807, 2.05) is 25.2 Å². The summed E-state index contributed by atoms with van der Waals surface area (Å²) in [5.74, 6) is 0.675. The van der Waals surface area contributed by atoms with Gasteiger partial charge in [0.2, 0.25) is 0 Å². The van der Waals surface area contributed by atoms with E-state index in [9.17, 15) is 9.90 Å². The van der Waals surface area contributed by atoms with Crippen LogP contribution in [0.15, 0.2) is 18.2 Å². The molecule has 1 aromatic heterocycles. The van der Waals surface area contributed by atoms with Gasteiger partial charge in [-0.05, 0) is 30.5 Å². The van der Waals surface area contributed by atoms with Gasteiger partial charge in [-0.3, -0.25) is 4.79 Å². The first-order valence-corrected chi connectivity index (χ1v) is 6.66. The number of carbonyl (C=O) groups is 1. The maximum absolute atomic E-state index is 11.4. The number of aryl methyl sites for hydroxylation is 1. The minimum absolute atomic E-state index is 0.357. The average Bonchev–Trinajstić information content (AvgIpc) is 3.10. The minimum Gasteiger partial charge on any atom is -0.481 e. The van der Waals surface area contributed by atoms with Crippen molar-refractivity contribution in [1.82, 2.24) is 9.55 Å². The maximum Gasteiger partial charge on any atom is 0.314 e. The van der Waals surface area contributed by atoms with Crippen LogP contribution in [-0.4, -0.2) is 20.6 Å². The number of aromatic nitrogens is 2. The molecular weight excluding hydrogens is 240 g/mol. The Morgan fingerprint density at radius 1 is 1.42 bits per heavy atom. The lowest BCUT2D eigenvalue weighted by molar-refractivity contribution is -0.140. The molecule has 0 radical (unpaired) electrons. The Labute approximate surface area is 112 Å². The van der Waals surface area contributed by atoms with Crippen LogP contribution in [0.5, 0.6) is 0 Å². The molecule has 0 aliphatic heterocycles. The summed E-state index contributed by atoms with van der Waals surface area (Å²) < 4.78 is 2.09. The highest BCUT2D eigenvalue weighted by Crippen LogP contribution is 2.48. The number of nitrogens with zero attached hydrogens (tertiary/aromatic N) is 2. The monoisotopic (exact) mass is 258 g/mol. The van der Waals surface area contributed by atoms with Gasteiger partial charge in [-0.2, -0.15) is 0 Å². The van der Waals surface area contributed by atoms with Gasteiger partial charge in [0.05, 0.1) is 16.4 Å². The quantitative estimate of drug-likeness (QED) is 0.921. The number of fused-ring (bicyclic) bond motifs is 1. The van der Waals surface area contributed by atoms with Crippen LogP contribution in [0.2, 0.25) is 0 Å². The van der Waals surface area contributed by atoms with Crippen LogP contribution in [0, 0.1) is 0 Å². The molecule has 4 heteroatoms. The van der Waals surface area contributed by atoms with E-state index in [-0.39, 0.29) is 0 Å². The summed E-state index contributed by atoms with van der Waals surface area (Å²) in [6.07, 6.45) is 1.47. The molecule has 0 saturated heterocycles. The molecule has 0 amide bonds. The number of aliphatic carboxylic acids is 1. The molecule has 1 saturated carbocycles. The third kappa shape index (κ3) is 1.66. The molecule has 4 nitrogen and oxygen atoms in total. The molecule has 2 aromatic rings. The van der Waals surface area contributed by atoms with E-state index >= 15 is 0 Å².